The van der Waals surface area contributed by atoms with Gasteiger partial charge in [-0.25, -0.2) is 0 Å². The highest BCUT2D eigenvalue weighted by Crippen LogP contribution is 2.20. The van der Waals surface area contributed by atoms with Crippen LogP contribution in [0.15, 0.2) is 67.0 Å². The quantitative estimate of drug-likeness (QED) is 0.630. The van der Waals surface area contributed by atoms with E-state index in [0.717, 1.165) is 22.7 Å². The summed E-state index contributed by atoms with van der Waals surface area (Å²) in [6.45, 7) is 2.00. The maximum Gasteiger partial charge on any atom is 0.0717 e. The van der Waals surface area contributed by atoms with Crippen molar-refractivity contribution in [2.45, 2.75) is 13.2 Å². The fraction of sp³-hybridized carbons (Fsp3) is 0.167. The van der Waals surface area contributed by atoms with E-state index in [9.17, 15) is 0 Å². The topological polar surface area (TPSA) is 27.1 Å². The van der Waals surface area contributed by atoms with E-state index in [2.05, 4.69) is 17.2 Å². The Morgan fingerprint density at radius 3 is 2.50 bits per heavy atom. The highest BCUT2D eigenvalue weighted by atomic mass is 35.5. The van der Waals surface area contributed by atoms with Gasteiger partial charge >= 0.3 is 0 Å². The zero-order valence-electron chi connectivity index (χ0n) is 12.2. The lowest BCUT2D eigenvalue weighted by Crippen LogP contribution is -2.06. The minimum atomic E-state index is 0.631. The van der Waals surface area contributed by atoms with Crippen molar-refractivity contribution >= 4 is 11.6 Å². The van der Waals surface area contributed by atoms with E-state index in [1.165, 1.54) is 5.56 Å². The zero-order chi connectivity index (χ0) is 15.2. The third-order valence-corrected chi connectivity index (χ3v) is 3.64. The van der Waals surface area contributed by atoms with Crippen LogP contribution in [-0.4, -0.2) is 16.4 Å². The van der Waals surface area contributed by atoms with Gasteiger partial charge in [0, 0.05) is 16.8 Å². The first-order chi connectivity index (χ1) is 10.8. The molecule has 0 aliphatic rings. The number of nitrogens with zero attached hydrogens (tertiary/aromatic N) is 2. The van der Waals surface area contributed by atoms with Gasteiger partial charge in [0.2, 0.25) is 0 Å². The first kappa shape index (κ1) is 14.8. The van der Waals surface area contributed by atoms with Crippen LogP contribution in [0.1, 0.15) is 5.56 Å². The molecular formula is C18H17ClN2O. The minimum Gasteiger partial charge on any atom is -0.375 e. The highest BCUT2D eigenvalue weighted by Gasteiger charge is 2.02. The van der Waals surface area contributed by atoms with Crippen LogP contribution in [-0.2, 0) is 17.9 Å². The molecule has 3 nitrogen and oxygen atoms in total. The van der Waals surface area contributed by atoms with Crippen LogP contribution in [0.4, 0.5) is 0 Å². The number of hydrogen-bond donors (Lipinski definition) is 0. The SMILES string of the molecule is Clc1ccc(-c2cnn(CCOCc3ccccc3)c2)cc1. The number of aromatic nitrogens is 2. The maximum absolute atomic E-state index is 5.90. The molecule has 0 saturated carbocycles. The molecule has 112 valence electrons. The summed E-state index contributed by atoms with van der Waals surface area (Å²) >= 11 is 5.90. The van der Waals surface area contributed by atoms with Gasteiger partial charge in [-0.05, 0) is 23.3 Å². The first-order valence-electron chi connectivity index (χ1n) is 7.21. The van der Waals surface area contributed by atoms with Crippen molar-refractivity contribution < 1.29 is 4.74 Å². The Morgan fingerprint density at radius 1 is 0.955 bits per heavy atom. The predicted molar refractivity (Wildman–Crippen MR) is 88.8 cm³/mol. The molecule has 0 spiro atoms. The van der Waals surface area contributed by atoms with Crippen molar-refractivity contribution in [3.63, 3.8) is 0 Å². The van der Waals surface area contributed by atoms with Crippen LogP contribution in [0, 0.1) is 0 Å². The molecule has 4 heteroatoms. The lowest BCUT2D eigenvalue weighted by atomic mass is 10.1. The van der Waals surface area contributed by atoms with Gasteiger partial charge in [0.05, 0.1) is 26.0 Å². The second-order valence-corrected chi connectivity index (χ2v) is 5.47. The Kier molecular flexibility index (Phi) is 4.88. The van der Waals surface area contributed by atoms with Crippen LogP contribution in [0.2, 0.25) is 5.02 Å². The van der Waals surface area contributed by atoms with Crippen LogP contribution < -0.4 is 0 Å². The maximum atomic E-state index is 5.90. The van der Waals surface area contributed by atoms with E-state index in [0.29, 0.717) is 13.2 Å². The van der Waals surface area contributed by atoms with Crippen molar-refractivity contribution in [2.24, 2.45) is 0 Å². The van der Waals surface area contributed by atoms with Crippen molar-refractivity contribution in [1.29, 1.82) is 0 Å². The first-order valence-corrected chi connectivity index (χ1v) is 7.59. The fourth-order valence-electron chi connectivity index (χ4n) is 2.20. The average Bonchev–Trinajstić information content (AvgIpc) is 3.02. The molecule has 0 atom stereocenters. The number of ether oxygens (including phenoxy) is 1. The molecule has 3 aromatic rings. The summed E-state index contributed by atoms with van der Waals surface area (Å²) in [5.74, 6) is 0. The second-order valence-electron chi connectivity index (χ2n) is 5.04. The third-order valence-electron chi connectivity index (χ3n) is 3.39. The monoisotopic (exact) mass is 312 g/mol. The van der Waals surface area contributed by atoms with Crippen LogP contribution in [0.5, 0.6) is 0 Å². The van der Waals surface area contributed by atoms with Gasteiger partial charge in [-0.3, -0.25) is 4.68 Å². The molecule has 0 unspecified atom stereocenters. The van der Waals surface area contributed by atoms with E-state index < -0.39 is 0 Å². The lowest BCUT2D eigenvalue weighted by Gasteiger charge is -2.04. The van der Waals surface area contributed by atoms with E-state index in [1.54, 1.807) is 0 Å². The normalized spacial score (nSPS) is 10.8. The molecule has 0 amide bonds. The molecule has 0 N–H and O–H groups in total. The second kappa shape index (κ2) is 7.25. The predicted octanol–water partition coefficient (Wildman–Crippen LogP) is 4.42. The summed E-state index contributed by atoms with van der Waals surface area (Å²) in [7, 11) is 0. The Balaban J connectivity index is 1.50. The number of halogens is 1. The summed E-state index contributed by atoms with van der Waals surface area (Å²) in [6.07, 6.45) is 3.88. The van der Waals surface area contributed by atoms with Gasteiger partial charge < -0.3 is 4.74 Å². The zero-order valence-corrected chi connectivity index (χ0v) is 12.9. The van der Waals surface area contributed by atoms with E-state index in [-0.39, 0.29) is 0 Å². The fourth-order valence-corrected chi connectivity index (χ4v) is 2.33. The highest BCUT2D eigenvalue weighted by molar-refractivity contribution is 6.30. The largest absolute Gasteiger partial charge is 0.375 e. The molecule has 0 fully saturated rings. The van der Waals surface area contributed by atoms with Crippen molar-refractivity contribution in [3.8, 4) is 11.1 Å². The van der Waals surface area contributed by atoms with Crippen LogP contribution >= 0.6 is 11.6 Å². The number of benzene rings is 2. The van der Waals surface area contributed by atoms with Crippen molar-refractivity contribution in [2.75, 3.05) is 6.61 Å². The van der Waals surface area contributed by atoms with E-state index >= 15 is 0 Å². The molecular weight excluding hydrogens is 296 g/mol. The minimum absolute atomic E-state index is 0.631. The van der Waals surface area contributed by atoms with Gasteiger partial charge in [0.1, 0.15) is 0 Å². The Bertz CT molecular complexity index is 707. The van der Waals surface area contributed by atoms with Gasteiger partial charge in [-0.1, -0.05) is 54.1 Å². The van der Waals surface area contributed by atoms with Crippen molar-refractivity contribution in [3.05, 3.63) is 77.6 Å². The Hall–Kier alpha value is -2.10. The molecule has 0 bridgehead atoms. The van der Waals surface area contributed by atoms with Gasteiger partial charge in [-0.2, -0.15) is 5.10 Å². The molecule has 0 aliphatic heterocycles. The average molecular weight is 313 g/mol. The Morgan fingerprint density at radius 2 is 1.73 bits per heavy atom. The summed E-state index contributed by atoms with van der Waals surface area (Å²) in [5, 5.41) is 5.10. The van der Waals surface area contributed by atoms with E-state index in [1.807, 2.05) is 59.5 Å². The summed E-state index contributed by atoms with van der Waals surface area (Å²) in [6, 6.07) is 17.9. The molecule has 0 aliphatic carbocycles. The smallest absolute Gasteiger partial charge is 0.0717 e. The van der Waals surface area contributed by atoms with Crippen LogP contribution in [0.3, 0.4) is 0 Å². The Labute approximate surface area is 135 Å². The lowest BCUT2D eigenvalue weighted by molar-refractivity contribution is 0.111. The van der Waals surface area contributed by atoms with Gasteiger partial charge in [0.15, 0.2) is 0 Å². The molecule has 0 radical (unpaired) electrons. The van der Waals surface area contributed by atoms with Gasteiger partial charge in [-0.15, -0.1) is 0 Å². The van der Waals surface area contributed by atoms with Crippen LogP contribution in [0.25, 0.3) is 11.1 Å². The third kappa shape index (κ3) is 3.97. The standard InChI is InChI=1S/C18H17ClN2O/c19-18-8-6-16(7-9-18)17-12-20-21(13-17)10-11-22-14-15-4-2-1-3-5-15/h1-9,12-13H,10-11,14H2. The summed E-state index contributed by atoms with van der Waals surface area (Å²) in [4.78, 5) is 0. The summed E-state index contributed by atoms with van der Waals surface area (Å²) in [5.41, 5.74) is 3.38. The number of rotatable bonds is 6. The molecule has 1 aromatic heterocycles. The molecule has 0 saturated heterocycles. The van der Waals surface area contributed by atoms with E-state index in [4.69, 9.17) is 16.3 Å². The molecule has 22 heavy (non-hydrogen) atoms. The van der Waals surface area contributed by atoms with Crippen molar-refractivity contribution in [1.82, 2.24) is 9.78 Å². The molecule has 3 rings (SSSR count). The summed E-state index contributed by atoms with van der Waals surface area (Å²) < 4.78 is 7.57. The molecule has 2 aromatic carbocycles. The molecule has 1 heterocycles. The number of hydrogen-bond acceptors (Lipinski definition) is 2. The van der Waals surface area contributed by atoms with Gasteiger partial charge in [0.25, 0.3) is 0 Å².